The van der Waals surface area contributed by atoms with Crippen molar-refractivity contribution in [3.63, 3.8) is 0 Å². The summed E-state index contributed by atoms with van der Waals surface area (Å²) in [5.41, 5.74) is 1.46. The molecule has 128 valence electrons. The first-order chi connectivity index (χ1) is 11.0. The molecule has 1 aromatic heterocycles. The number of hydrogen-bond donors (Lipinski definition) is 2. The largest absolute Gasteiger partial charge is 0.354 e. The number of nitrogens with zero attached hydrogens (tertiary/aromatic N) is 2. The first-order valence-electron chi connectivity index (χ1n) is 8.61. The van der Waals surface area contributed by atoms with Crippen LogP contribution in [0.25, 0.3) is 0 Å². The van der Waals surface area contributed by atoms with Gasteiger partial charge in [-0.25, -0.2) is 4.98 Å². The number of amides is 1. The van der Waals surface area contributed by atoms with E-state index in [1.807, 2.05) is 6.92 Å². The molecule has 1 aromatic rings. The molecule has 0 aromatic carbocycles. The Hall–Kier alpha value is -0.980. The summed E-state index contributed by atoms with van der Waals surface area (Å²) in [7, 11) is 2.09. The Morgan fingerprint density at radius 3 is 2.83 bits per heavy atom. The Bertz CT molecular complexity index is 545. The van der Waals surface area contributed by atoms with Gasteiger partial charge in [0.15, 0.2) is 0 Å². The number of carbonyl (C=O) groups excluding carboxylic acids is 1. The van der Waals surface area contributed by atoms with E-state index in [2.05, 4.69) is 34.5 Å². The number of nitrogens with one attached hydrogen (secondary N) is 2. The summed E-state index contributed by atoms with van der Waals surface area (Å²) in [6.07, 6.45) is 4.22. The van der Waals surface area contributed by atoms with Gasteiger partial charge in [0.05, 0.1) is 16.7 Å². The Balaban J connectivity index is 1.50. The van der Waals surface area contributed by atoms with E-state index in [4.69, 9.17) is 0 Å². The number of thiazole rings is 1. The second-order valence-electron chi connectivity index (χ2n) is 7.18. The molecular weight excluding hydrogens is 308 g/mol. The number of hydrogen-bond acceptors (Lipinski definition) is 5. The lowest BCUT2D eigenvalue weighted by Gasteiger charge is -2.33. The molecule has 1 atom stereocenters. The van der Waals surface area contributed by atoms with Gasteiger partial charge in [0.2, 0.25) is 5.91 Å². The lowest BCUT2D eigenvalue weighted by molar-refractivity contribution is -0.125. The van der Waals surface area contributed by atoms with Gasteiger partial charge >= 0.3 is 0 Å². The van der Waals surface area contributed by atoms with Gasteiger partial charge in [0, 0.05) is 24.4 Å². The summed E-state index contributed by atoms with van der Waals surface area (Å²) in [4.78, 5) is 20.6. The topological polar surface area (TPSA) is 57.3 Å². The van der Waals surface area contributed by atoms with Crippen LogP contribution < -0.4 is 10.6 Å². The predicted molar refractivity (Wildman–Crippen MR) is 93.9 cm³/mol. The third kappa shape index (κ3) is 3.75. The lowest BCUT2D eigenvalue weighted by atomic mass is 9.77. The van der Waals surface area contributed by atoms with Crippen molar-refractivity contribution in [1.82, 2.24) is 20.5 Å². The van der Waals surface area contributed by atoms with Crippen LogP contribution in [0.2, 0.25) is 0 Å². The standard InChI is InChI=1S/C17H28N4OS/c1-12-13(2)23-15(20-12)4-7-19-16(22)14-10-17(11-21(14)3)5-8-18-9-6-17/h14,18H,4-11H2,1-3H3,(H,19,22)/t14-/m0/s1. The van der Waals surface area contributed by atoms with E-state index in [-0.39, 0.29) is 11.9 Å². The Morgan fingerprint density at radius 2 is 2.17 bits per heavy atom. The van der Waals surface area contributed by atoms with Gasteiger partial charge in [-0.15, -0.1) is 11.3 Å². The van der Waals surface area contributed by atoms with E-state index in [0.29, 0.717) is 12.0 Å². The summed E-state index contributed by atoms with van der Waals surface area (Å²) in [5, 5.41) is 7.67. The number of aromatic nitrogens is 1. The zero-order valence-corrected chi connectivity index (χ0v) is 15.3. The highest BCUT2D eigenvalue weighted by Crippen LogP contribution is 2.41. The third-order valence-electron chi connectivity index (χ3n) is 5.42. The number of likely N-dealkylation sites (tertiary alicyclic amines) is 1. The van der Waals surface area contributed by atoms with Crippen LogP contribution in [0, 0.1) is 19.3 Å². The smallest absolute Gasteiger partial charge is 0.237 e. The first kappa shape index (κ1) is 16.9. The maximum Gasteiger partial charge on any atom is 0.237 e. The van der Waals surface area contributed by atoms with Gasteiger partial charge in [0.1, 0.15) is 0 Å². The van der Waals surface area contributed by atoms with E-state index >= 15 is 0 Å². The van der Waals surface area contributed by atoms with E-state index in [9.17, 15) is 4.79 Å². The highest BCUT2D eigenvalue weighted by atomic mass is 32.1. The Labute approximate surface area is 142 Å². The highest BCUT2D eigenvalue weighted by Gasteiger charge is 2.45. The molecular formula is C17H28N4OS. The molecule has 6 heteroatoms. The number of piperidine rings is 1. The molecule has 2 aliphatic rings. The molecule has 3 rings (SSSR count). The Morgan fingerprint density at radius 1 is 1.43 bits per heavy atom. The molecule has 0 saturated carbocycles. The van der Waals surface area contributed by atoms with Crippen LogP contribution in [0.15, 0.2) is 0 Å². The molecule has 2 aliphatic heterocycles. The highest BCUT2D eigenvalue weighted by molar-refractivity contribution is 7.11. The average Bonchev–Trinajstić information content (AvgIpc) is 3.00. The molecule has 2 saturated heterocycles. The lowest BCUT2D eigenvalue weighted by Crippen LogP contribution is -2.42. The van der Waals surface area contributed by atoms with Gasteiger partial charge in [0.25, 0.3) is 0 Å². The quantitative estimate of drug-likeness (QED) is 0.875. The molecule has 23 heavy (non-hydrogen) atoms. The molecule has 3 heterocycles. The predicted octanol–water partition coefficient (Wildman–Crippen LogP) is 1.49. The van der Waals surface area contributed by atoms with Gasteiger partial charge in [-0.05, 0) is 58.7 Å². The average molecular weight is 337 g/mol. The fourth-order valence-electron chi connectivity index (χ4n) is 3.94. The van der Waals surface area contributed by atoms with Crippen LogP contribution in [-0.4, -0.2) is 55.1 Å². The number of rotatable bonds is 4. The Kier molecular flexibility index (Phi) is 5.04. The van der Waals surface area contributed by atoms with E-state index in [1.54, 1.807) is 11.3 Å². The van der Waals surface area contributed by atoms with E-state index < -0.39 is 0 Å². The van der Waals surface area contributed by atoms with Crippen LogP contribution in [0.5, 0.6) is 0 Å². The van der Waals surface area contributed by atoms with Gasteiger partial charge in [-0.2, -0.15) is 0 Å². The third-order valence-corrected chi connectivity index (χ3v) is 6.55. The SMILES string of the molecule is Cc1nc(CCNC(=O)[C@@H]2CC3(CCNCC3)CN2C)sc1C. The first-order valence-corrected chi connectivity index (χ1v) is 9.42. The van der Waals surface area contributed by atoms with E-state index in [1.165, 1.54) is 17.7 Å². The molecule has 1 spiro atoms. The van der Waals surface area contributed by atoms with Crippen molar-refractivity contribution >= 4 is 17.2 Å². The minimum atomic E-state index is 0.0351. The van der Waals surface area contributed by atoms with Crippen molar-refractivity contribution in [2.24, 2.45) is 5.41 Å². The summed E-state index contributed by atoms with van der Waals surface area (Å²) < 4.78 is 0. The number of likely N-dealkylation sites (N-methyl/N-ethyl adjacent to an activating group) is 1. The van der Waals surface area contributed by atoms with Crippen molar-refractivity contribution in [3.8, 4) is 0 Å². The second kappa shape index (κ2) is 6.87. The maximum absolute atomic E-state index is 12.6. The summed E-state index contributed by atoms with van der Waals surface area (Å²) in [6, 6.07) is 0.0351. The molecule has 0 radical (unpaired) electrons. The van der Waals surface area contributed by atoms with Crippen molar-refractivity contribution < 1.29 is 4.79 Å². The molecule has 2 fully saturated rings. The minimum absolute atomic E-state index is 0.0351. The van der Waals surface area contributed by atoms with Crippen molar-refractivity contribution in [1.29, 1.82) is 0 Å². The van der Waals surface area contributed by atoms with Crippen LogP contribution >= 0.6 is 11.3 Å². The fraction of sp³-hybridized carbons (Fsp3) is 0.765. The van der Waals surface area contributed by atoms with E-state index in [0.717, 1.165) is 43.2 Å². The van der Waals surface area contributed by atoms with Crippen LogP contribution in [0.3, 0.4) is 0 Å². The molecule has 0 aliphatic carbocycles. The summed E-state index contributed by atoms with van der Waals surface area (Å²) >= 11 is 1.74. The monoisotopic (exact) mass is 336 g/mol. The van der Waals surface area contributed by atoms with Crippen LogP contribution in [-0.2, 0) is 11.2 Å². The zero-order valence-electron chi connectivity index (χ0n) is 14.4. The van der Waals surface area contributed by atoms with Crippen molar-refractivity contribution in [2.75, 3.05) is 33.2 Å². The fourth-order valence-corrected chi connectivity index (χ4v) is 4.87. The molecule has 5 nitrogen and oxygen atoms in total. The molecule has 1 amide bonds. The molecule has 2 N–H and O–H groups in total. The molecule has 0 unspecified atom stereocenters. The van der Waals surface area contributed by atoms with Crippen LogP contribution in [0.1, 0.15) is 34.8 Å². The zero-order chi connectivity index (χ0) is 16.4. The second-order valence-corrected chi connectivity index (χ2v) is 8.46. The van der Waals surface area contributed by atoms with Gasteiger partial charge in [-0.3, -0.25) is 9.69 Å². The molecule has 0 bridgehead atoms. The van der Waals surface area contributed by atoms with Gasteiger partial charge < -0.3 is 10.6 Å². The maximum atomic E-state index is 12.6. The number of carbonyl (C=O) groups is 1. The van der Waals surface area contributed by atoms with Gasteiger partial charge in [-0.1, -0.05) is 0 Å². The minimum Gasteiger partial charge on any atom is -0.354 e. The normalized spacial score (nSPS) is 24.2. The summed E-state index contributed by atoms with van der Waals surface area (Å²) in [5.74, 6) is 0.188. The van der Waals surface area contributed by atoms with Crippen LogP contribution in [0.4, 0.5) is 0 Å². The summed E-state index contributed by atoms with van der Waals surface area (Å²) in [6.45, 7) is 8.05. The van der Waals surface area contributed by atoms with Crippen molar-refractivity contribution in [3.05, 3.63) is 15.6 Å². The van der Waals surface area contributed by atoms with Crippen molar-refractivity contribution in [2.45, 2.75) is 45.6 Å². The number of aryl methyl sites for hydroxylation is 2.